The van der Waals surface area contributed by atoms with Gasteiger partial charge in [-0.25, -0.2) is 0 Å². The highest BCUT2D eigenvalue weighted by molar-refractivity contribution is 5.20. The number of piperidine rings is 1. The van der Waals surface area contributed by atoms with Crippen LogP contribution in [0.1, 0.15) is 12.8 Å². The molecule has 1 fully saturated rings. The van der Waals surface area contributed by atoms with Gasteiger partial charge in [-0.1, -0.05) is 13.2 Å². The second-order valence-electron chi connectivity index (χ2n) is 3.79. The monoisotopic (exact) mass is 205 g/mol. The number of hydrogen-bond acceptors (Lipinski definition) is 2. The minimum absolute atomic E-state index is 0.816. The fraction of sp³-hybridized carbons (Fsp3) is 0.538. The Morgan fingerprint density at radius 2 is 1.87 bits per heavy atom. The van der Waals surface area contributed by atoms with E-state index in [1.54, 1.807) is 7.11 Å². The lowest BCUT2D eigenvalue weighted by molar-refractivity contribution is 0.175. The van der Waals surface area contributed by atoms with E-state index in [1.165, 1.54) is 11.1 Å². The van der Waals surface area contributed by atoms with Crippen LogP contribution in [0.25, 0.3) is 0 Å². The van der Waals surface area contributed by atoms with Crippen molar-refractivity contribution < 1.29 is 4.74 Å². The van der Waals surface area contributed by atoms with E-state index in [2.05, 4.69) is 29.5 Å². The fourth-order valence-corrected chi connectivity index (χ4v) is 1.79. The molecule has 0 unspecified atom stereocenters. The van der Waals surface area contributed by atoms with Crippen molar-refractivity contribution in [3.05, 3.63) is 35.8 Å². The summed E-state index contributed by atoms with van der Waals surface area (Å²) >= 11 is 0. The van der Waals surface area contributed by atoms with Crippen LogP contribution in [0.2, 0.25) is 0 Å². The first kappa shape index (κ1) is 12.0. The minimum Gasteiger partial charge on any atom is -0.385 e. The molecule has 1 saturated heterocycles. The summed E-state index contributed by atoms with van der Waals surface area (Å²) in [7, 11) is 1.74. The van der Waals surface area contributed by atoms with Crippen LogP contribution in [0.15, 0.2) is 35.8 Å². The number of likely N-dealkylation sites (tertiary alicyclic amines) is 1. The third-order valence-corrected chi connectivity index (χ3v) is 2.58. The molecular formula is C13H19NO. The first-order valence-corrected chi connectivity index (χ1v) is 5.27. The summed E-state index contributed by atoms with van der Waals surface area (Å²) in [5, 5.41) is 0. The topological polar surface area (TPSA) is 12.5 Å². The molecule has 82 valence electrons. The Morgan fingerprint density at radius 1 is 1.27 bits per heavy atom. The van der Waals surface area contributed by atoms with E-state index in [9.17, 15) is 0 Å². The smallest absolute Gasteiger partial charge is 0.0474 e. The molecule has 0 amide bonds. The van der Waals surface area contributed by atoms with Crippen LogP contribution in [-0.2, 0) is 4.74 Å². The van der Waals surface area contributed by atoms with Crippen molar-refractivity contribution in [3.63, 3.8) is 0 Å². The van der Waals surface area contributed by atoms with Gasteiger partial charge in [-0.2, -0.15) is 0 Å². The van der Waals surface area contributed by atoms with Crippen molar-refractivity contribution in [1.82, 2.24) is 4.90 Å². The van der Waals surface area contributed by atoms with Gasteiger partial charge in [-0.3, -0.25) is 4.90 Å². The maximum atomic E-state index is 5.04. The van der Waals surface area contributed by atoms with Crippen LogP contribution in [0.3, 0.4) is 0 Å². The van der Waals surface area contributed by atoms with Gasteiger partial charge in [0.25, 0.3) is 0 Å². The van der Waals surface area contributed by atoms with E-state index in [1.807, 2.05) is 0 Å². The number of rotatable bonds is 4. The van der Waals surface area contributed by atoms with Gasteiger partial charge in [0.15, 0.2) is 0 Å². The van der Waals surface area contributed by atoms with Gasteiger partial charge in [0.2, 0.25) is 0 Å². The van der Waals surface area contributed by atoms with Gasteiger partial charge < -0.3 is 4.74 Å². The number of hydrogen-bond donors (Lipinski definition) is 0. The molecular weight excluding hydrogens is 186 g/mol. The van der Waals surface area contributed by atoms with Gasteiger partial charge in [0.1, 0.15) is 0 Å². The average molecular weight is 205 g/mol. The number of nitrogens with zero attached hydrogens (tertiary/aromatic N) is 1. The molecule has 0 aromatic heterocycles. The normalized spacial score (nSPS) is 17.4. The third kappa shape index (κ3) is 3.91. The minimum atomic E-state index is 0.816. The molecule has 0 atom stereocenters. The molecule has 1 heterocycles. The van der Waals surface area contributed by atoms with Crippen LogP contribution in [0.5, 0.6) is 0 Å². The Morgan fingerprint density at radius 3 is 2.33 bits per heavy atom. The van der Waals surface area contributed by atoms with Crippen molar-refractivity contribution in [2.45, 2.75) is 12.8 Å². The summed E-state index contributed by atoms with van der Waals surface area (Å²) in [6.45, 7) is 11.2. The Labute approximate surface area is 92.2 Å². The SMILES string of the molecule is C=C=C1CC(=C=C)CN(CCCOC)C1. The summed E-state index contributed by atoms with van der Waals surface area (Å²) < 4.78 is 5.04. The second-order valence-corrected chi connectivity index (χ2v) is 3.79. The lowest BCUT2D eigenvalue weighted by atomic mass is 10.0. The van der Waals surface area contributed by atoms with E-state index < -0.39 is 0 Å². The van der Waals surface area contributed by atoms with Crippen LogP contribution < -0.4 is 0 Å². The van der Waals surface area contributed by atoms with E-state index >= 15 is 0 Å². The van der Waals surface area contributed by atoms with Gasteiger partial charge in [-0.15, -0.1) is 11.5 Å². The van der Waals surface area contributed by atoms with Crippen LogP contribution in [-0.4, -0.2) is 38.3 Å². The third-order valence-electron chi connectivity index (χ3n) is 2.58. The van der Waals surface area contributed by atoms with Crippen molar-refractivity contribution in [2.24, 2.45) is 0 Å². The molecule has 0 aliphatic carbocycles. The molecule has 1 rings (SSSR count). The van der Waals surface area contributed by atoms with Crippen LogP contribution in [0.4, 0.5) is 0 Å². The molecule has 0 bridgehead atoms. The Hall–Kier alpha value is -1.04. The first-order chi connectivity index (χ1) is 7.30. The summed E-state index contributed by atoms with van der Waals surface area (Å²) in [4.78, 5) is 2.36. The van der Waals surface area contributed by atoms with Gasteiger partial charge >= 0.3 is 0 Å². The van der Waals surface area contributed by atoms with Crippen LogP contribution >= 0.6 is 0 Å². The quantitative estimate of drug-likeness (QED) is 0.515. The maximum Gasteiger partial charge on any atom is 0.0474 e. The standard InChI is InChI=1S/C13H19NO/c1-4-12-9-13(5-2)11-14(10-12)7-6-8-15-3/h1-2,6-11H2,3H3. The number of methoxy groups -OCH3 is 1. The van der Waals surface area contributed by atoms with Crippen molar-refractivity contribution in [2.75, 3.05) is 33.4 Å². The Bertz CT molecular complexity index is 280. The second kappa shape index (κ2) is 6.44. The van der Waals surface area contributed by atoms with Crippen molar-refractivity contribution in [1.29, 1.82) is 0 Å². The molecule has 0 aromatic rings. The van der Waals surface area contributed by atoms with E-state index in [0.717, 1.165) is 39.1 Å². The predicted molar refractivity (Wildman–Crippen MR) is 62.9 cm³/mol. The van der Waals surface area contributed by atoms with Crippen molar-refractivity contribution >= 4 is 0 Å². The lowest BCUT2D eigenvalue weighted by Gasteiger charge is -2.28. The van der Waals surface area contributed by atoms with E-state index in [-0.39, 0.29) is 0 Å². The van der Waals surface area contributed by atoms with E-state index in [4.69, 9.17) is 4.74 Å². The zero-order valence-electron chi connectivity index (χ0n) is 9.51. The Balaban J connectivity index is 2.51. The molecule has 15 heavy (non-hydrogen) atoms. The molecule has 0 radical (unpaired) electrons. The summed E-state index contributed by atoms with van der Waals surface area (Å²) in [6.07, 6.45) is 2.00. The molecule has 0 aromatic carbocycles. The molecule has 2 nitrogen and oxygen atoms in total. The van der Waals surface area contributed by atoms with Gasteiger partial charge in [0, 0.05) is 39.8 Å². The fourth-order valence-electron chi connectivity index (χ4n) is 1.79. The van der Waals surface area contributed by atoms with Gasteiger partial charge in [0.05, 0.1) is 0 Å². The van der Waals surface area contributed by atoms with Crippen molar-refractivity contribution in [3.8, 4) is 0 Å². The molecule has 1 aliphatic rings. The highest BCUT2D eigenvalue weighted by Crippen LogP contribution is 2.18. The Kier molecular flexibility index (Phi) is 5.17. The molecule has 0 saturated carbocycles. The lowest BCUT2D eigenvalue weighted by Crippen LogP contribution is -2.33. The highest BCUT2D eigenvalue weighted by atomic mass is 16.5. The zero-order valence-corrected chi connectivity index (χ0v) is 9.51. The number of ether oxygens (including phenoxy) is 1. The molecule has 1 aliphatic heterocycles. The van der Waals surface area contributed by atoms with E-state index in [0.29, 0.717) is 0 Å². The summed E-state index contributed by atoms with van der Waals surface area (Å²) in [5.74, 6) is 0. The molecule has 0 spiro atoms. The predicted octanol–water partition coefficient (Wildman–Crippen LogP) is 2.15. The molecule has 0 N–H and O–H groups in total. The zero-order chi connectivity index (χ0) is 11.1. The summed E-state index contributed by atoms with van der Waals surface area (Å²) in [6, 6.07) is 0. The largest absolute Gasteiger partial charge is 0.385 e. The molecule has 2 heteroatoms. The highest BCUT2D eigenvalue weighted by Gasteiger charge is 2.16. The average Bonchev–Trinajstić information content (AvgIpc) is 2.29. The first-order valence-electron chi connectivity index (χ1n) is 5.27. The van der Waals surface area contributed by atoms with Crippen LogP contribution in [0, 0.1) is 0 Å². The van der Waals surface area contributed by atoms with Gasteiger partial charge in [-0.05, 0) is 17.6 Å². The summed E-state index contributed by atoms with van der Waals surface area (Å²) in [5.41, 5.74) is 8.47. The maximum absolute atomic E-state index is 5.04.